The molecule has 0 saturated carbocycles. The molecule has 0 bridgehead atoms. The lowest BCUT2D eigenvalue weighted by Crippen LogP contribution is -2.28. The van der Waals surface area contributed by atoms with Crippen molar-refractivity contribution in [3.05, 3.63) is 42.2 Å². The summed E-state index contributed by atoms with van der Waals surface area (Å²) >= 11 is 1.80. The second kappa shape index (κ2) is 6.87. The molecule has 2 rings (SSSR count). The van der Waals surface area contributed by atoms with Crippen LogP contribution in [0.25, 0.3) is 0 Å². The summed E-state index contributed by atoms with van der Waals surface area (Å²) in [6, 6.07) is 9.52. The predicted molar refractivity (Wildman–Crippen MR) is 91.1 cm³/mol. The van der Waals surface area contributed by atoms with Crippen LogP contribution in [-0.2, 0) is 13.6 Å². The Bertz CT molecular complexity index is 628. The molecule has 1 heterocycles. The number of carbonyl (C=O) groups excluding carboxylic acids is 1. The lowest BCUT2D eigenvalue weighted by atomic mass is 10.3. The zero-order valence-electron chi connectivity index (χ0n) is 13.4. The van der Waals surface area contributed by atoms with Crippen molar-refractivity contribution < 1.29 is 4.79 Å². The van der Waals surface area contributed by atoms with Crippen molar-refractivity contribution in [1.82, 2.24) is 15.1 Å². The molecule has 0 aliphatic heterocycles. The number of amides is 2. The molecule has 22 heavy (non-hydrogen) atoms. The molecule has 0 fully saturated rings. The molecule has 2 amide bonds. The van der Waals surface area contributed by atoms with Gasteiger partial charge in [-0.2, -0.15) is 5.10 Å². The van der Waals surface area contributed by atoms with Crippen molar-refractivity contribution in [2.24, 2.45) is 7.05 Å². The number of nitrogens with zero attached hydrogens (tertiary/aromatic N) is 2. The van der Waals surface area contributed by atoms with Gasteiger partial charge in [0.15, 0.2) is 0 Å². The summed E-state index contributed by atoms with van der Waals surface area (Å²) in [6.07, 6.45) is 1.71. The fourth-order valence-electron chi connectivity index (χ4n) is 1.88. The molecule has 118 valence electrons. The van der Waals surface area contributed by atoms with Crippen LogP contribution >= 0.6 is 11.8 Å². The van der Waals surface area contributed by atoms with Gasteiger partial charge >= 0.3 is 6.03 Å². The van der Waals surface area contributed by atoms with Gasteiger partial charge in [0.1, 0.15) is 0 Å². The van der Waals surface area contributed by atoms with Gasteiger partial charge in [-0.05, 0) is 30.3 Å². The summed E-state index contributed by atoms with van der Waals surface area (Å²) in [7, 11) is 1.85. The first-order valence-corrected chi connectivity index (χ1v) is 7.96. The van der Waals surface area contributed by atoms with E-state index in [1.165, 1.54) is 4.90 Å². The van der Waals surface area contributed by atoms with E-state index in [-0.39, 0.29) is 10.8 Å². The number of urea groups is 1. The Morgan fingerprint density at radius 2 is 1.91 bits per heavy atom. The molecule has 2 N–H and O–H groups in total. The fourth-order valence-corrected chi connectivity index (χ4v) is 2.86. The van der Waals surface area contributed by atoms with Crippen LogP contribution < -0.4 is 10.6 Å². The minimum absolute atomic E-state index is 0.176. The summed E-state index contributed by atoms with van der Waals surface area (Å²) in [4.78, 5) is 13.1. The largest absolute Gasteiger partial charge is 0.332 e. The van der Waals surface area contributed by atoms with E-state index in [1.54, 1.807) is 22.6 Å². The molecule has 1 aromatic heterocycles. The van der Waals surface area contributed by atoms with Crippen molar-refractivity contribution >= 4 is 23.5 Å². The Kier molecular flexibility index (Phi) is 5.13. The van der Waals surface area contributed by atoms with Crippen LogP contribution in [-0.4, -0.2) is 20.6 Å². The van der Waals surface area contributed by atoms with E-state index in [1.807, 2.05) is 37.4 Å². The number of rotatable bonds is 4. The number of benzene rings is 1. The van der Waals surface area contributed by atoms with Crippen LogP contribution in [0, 0.1) is 0 Å². The Hall–Kier alpha value is -1.95. The minimum atomic E-state index is -0.225. The number of aryl methyl sites for hydroxylation is 1. The number of nitrogens with one attached hydrogen (secondary N) is 2. The topological polar surface area (TPSA) is 59.0 Å². The number of anilines is 1. The Balaban J connectivity index is 1.85. The van der Waals surface area contributed by atoms with Crippen molar-refractivity contribution in [2.75, 3.05) is 5.32 Å². The van der Waals surface area contributed by atoms with Gasteiger partial charge in [0, 0.05) is 28.6 Å². The predicted octanol–water partition coefficient (Wildman–Crippen LogP) is 3.63. The van der Waals surface area contributed by atoms with E-state index < -0.39 is 0 Å². The molecular weight excluding hydrogens is 296 g/mol. The highest BCUT2D eigenvalue weighted by Gasteiger charge is 2.12. The van der Waals surface area contributed by atoms with Gasteiger partial charge in [0.05, 0.1) is 12.2 Å². The number of hydrogen-bond acceptors (Lipinski definition) is 3. The SMILES string of the molecule is Cn1nccc1CNC(=O)Nc1ccc(SC(C)(C)C)cc1. The summed E-state index contributed by atoms with van der Waals surface area (Å²) in [5.74, 6) is 0. The maximum Gasteiger partial charge on any atom is 0.319 e. The Morgan fingerprint density at radius 3 is 2.45 bits per heavy atom. The van der Waals surface area contributed by atoms with Crippen LogP contribution in [0.3, 0.4) is 0 Å². The molecular formula is C16H22N4OS. The van der Waals surface area contributed by atoms with E-state index in [9.17, 15) is 4.79 Å². The maximum atomic E-state index is 11.9. The fraction of sp³-hybridized carbons (Fsp3) is 0.375. The smallest absolute Gasteiger partial charge is 0.319 e. The maximum absolute atomic E-state index is 11.9. The van der Waals surface area contributed by atoms with E-state index >= 15 is 0 Å². The van der Waals surface area contributed by atoms with Gasteiger partial charge < -0.3 is 10.6 Å². The van der Waals surface area contributed by atoms with Crippen LogP contribution in [0.15, 0.2) is 41.4 Å². The molecule has 0 aliphatic rings. The first kappa shape index (κ1) is 16.4. The molecule has 0 spiro atoms. The lowest BCUT2D eigenvalue weighted by molar-refractivity contribution is 0.251. The van der Waals surface area contributed by atoms with Crippen LogP contribution in [0.1, 0.15) is 26.5 Å². The third kappa shape index (κ3) is 5.11. The molecule has 0 aliphatic carbocycles. The van der Waals surface area contributed by atoms with E-state index in [4.69, 9.17) is 0 Å². The highest BCUT2D eigenvalue weighted by atomic mass is 32.2. The molecule has 0 atom stereocenters. The van der Waals surface area contributed by atoms with Crippen molar-refractivity contribution in [3.63, 3.8) is 0 Å². The summed E-state index contributed by atoms with van der Waals surface area (Å²) in [5, 5.41) is 9.70. The molecule has 1 aromatic carbocycles. The molecule has 0 unspecified atom stereocenters. The van der Waals surface area contributed by atoms with Crippen LogP contribution in [0.5, 0.6) is 0 Å². The van der Waals surface area contributed by atoms with E-state index in [2.05, 4.69) is 36.5 Å². The van der Waals surface area contributed by atoms with Crippen molar-refractivity contribution in [3.8, 4) is 0 Å². The van der Waals surface area contributed by atoms with E-state index in [0.29, 0.717) is 6.54 Å². The minimum Gasteiger partial charge on any atom is -0.332 e. The first-order valence-electron chi connectivity index (χ1n) is 7.14. The third-order valence-corrected chi connectivity index (χ3v) is 4.01. The monoisotopic (exact) mass is 318 g/mol. The molecule has 5 nitrogen and oxygen atoms in total. The van der Waals surface area contributed by atoms with Gasteiger partial charge in [0.2, 0.25) is 0 Å². The van der Waals surface area contributed by atoms with Gasteiger partial charge in [-0.15, -0.1) is 11.8 Å². The van der Waals surface area contributed by atoms with Crippen LogP contribution in [0.2, 0.25) is 0 Å². The average Bonchev–Trinajstić information content (AvgIpc) is 2.83. The first-order chi connectivity index (χ1) is 10.3. The Morgan fingerprint density at radius 1 is 1.23 bits per heavy atom. The van der Waals surface area contributed by atoms with Gasteiger partial charge in [-0.3, -0.25) is 4.68 Å². The number of thioether (sulfide) groups is 1. The average molecular weight is 318 g/mol. The summed E-state index contributed by atoms with van der Waals surface area (Å²) < 4.78 is 1.91. The zero-order valence-corrected chi connectivity index (χ0v) is 14.2. The van der Waals surface area contributed by atoms with Gasteiger partial charge in [0.25, 0.3) is 0 Å². The molecule has 2 aromatic rings. The third-order valence-electron chi connectivity index (χ3n) is 2.89. The van der Waals surface area contributed by atoms with Gasteiger partial charge in [-0.1, -0.05) is 20.8 Å². The lowest BCUT2D eigenvalue weighted by Gasteiger charge is -2.17. The second-order valence-corrected chi connectivity index (χ2v) is 7.89. The van der Waals surface area contributed by atoms with Crippen molar-refractivity contribution in [1.29, 1.82) is 0 Å². The Labute approximate surface area is 135 Å². The number of carbonyl (C=O) groups is 1. The second-order valence-electron chi connectivity index (χ2n) is 5.99. The number of aromatic nitrogens is 2. The molecule has 0 radical (unpaired) electrons. The van der Waals surface area contributed by atoms with Crippen LogP contribution in [0.4, 0.5) is 10.5 Å². The molecule has 0 saturated heterocycles. The quantitative estimate of drug-likeness (QED) is 0.846. The molecule has 6 heteroatoms. The normalized spacial score (nSPS) is 11.3. The highest BCUT2D eigenvalue weighted by Crippen LogP contribution is 2.32. The summed E-state index contributed by atoms with van der Waals surface area (Å²) in [6.45, 7) is 6.97. The number of hydrogen-bond donors (Lipinski definition) is 2. The zero-order chi connectivity index (χ0) is 16.2. The van der Waals surface area contributed by atoms with E-state index in [0.717, 1.165) is 11.4 Å². The standard InChI is InChI=1S/C16H22N4OS/c1-16(2,3)22-14-7-5-12(6-8-14)19-15(21)17-11-13-9-10-18-20(13)4/h5-10H,11H2,1-4H3,(H2,17,19,21). The van der Waals surface area contributed by atoms with Gasteiger partial charge in [-0.25, -0.2) is 4.79 Å². The summed E-state index contributed by atoms with van der Waals surface area (Å²) in [5.41, 5.74) is 1.73. The van der Waals surface area contributed by atoms with Crippen molar-refractivity contribution in [2.45, 2.75) is 37.0 Å². The highest BCUT2D eigenvalue weighted by molar-refractivity contribution is 8.00.